The van der Waals surface area contributed by atoms with E-state index in [0.717, 1.165) is 5.69 Å². The molecule has 0 aromatic carbocycles. The maximum absolute atomic E-state index is 12.1. The molecule has 3 heterocycles. The number of hydrogen-bond donors (Lipinski definition) is 0. The van der Waals surface area contributed by atoms with Gasteiger partial charge in [-0.1, -0.05) is 26.0 Å². The van der Waals surface area contributed by atoms with E-state index >= 15 is 0 Å². The molecule has 0 radical (unpaired) electrons. The lowest BCUT2D eigenvalue weighted by molar-refractivity contribution is -0.139. The first-order valence-corrected chi connectivity index (χ1v) is 7.43. The fraction of sp³-hybridized carbons (Fsp3) is 0.643. The van der Waals surface area contributed by atoms with Gasteiger partial charge in [0.05, 0.1) is 24.6 Å². The van der Waals surface area contributed by atoms with Crippen LogP contribution in [0.25, 0.3) is 0 Å². The van der Waals surface area contributed by atoms with Crippen LogP contribution in [0.4, 0.5) is 0 Å². The van der Waals surface area contributed by atoms with Crippen molar-refractivity contribution >= 4 is 5.91 Å². The summed E-state index contributed by atoms with van der Waals surface area (Å²) in [6.07, 6.45) is 5.75. The first kappa shape index (κ1) is 14.7. The predicted octanol–water partition coefficient (Wildman–Crippen LogP) is 0.737. The molecule has 0 spiro atoms. The van der Waals surface area contributed by atoms with Crippen molar-refractivity contribution in [2.24, 2.45) is 5.41 Å². The molecular weight excluding hydrogens is 282 g/mol. The molecule has 0 atom stereocenters. The summed E-state index contributed by atoms with van der Waals surface area (Å²) in [6, 6.07) is 0.218. The Morgan fingerprint density at radius 2 is 1.95 bits per heavy atom. The second-order valence-electron chi connectivity index (χ2n) is 6.94. The normalized spacial score (nSPS) is 15.9. The van der Waals surface area contributed by atoms with Crippen molar-refractivity contribution in [1.82, 2.24) is 34.9 Å². The van der Waals surface area contributed by atoms with Gasteiger partial charge in [-0.05, 0) is 5.41 Å². The monoisotopic (exact) mass is 303 g/mol. The Morgan fingerprint density at radius 1 is 1.27 bits per heavy atom. The Labute approximate surface area is 129 Å². The van der Waals surface area contributed by atoms with Gasteiger partial charge in [0.25, 0.3) is 0 Å². The molecule has 0 saturated carbocycles. The highest BCUT2D eigenvalue weighted by molar-refractivity contribution is 5.77. The van der Waals surface area contributed by atoms with Crippen molar-refractivity contribution in [3.63, 3.8) is 0 Å². The van der Waals surface area contributed by atoms with E-state index in [-0.39, 0.29) is 17.4 Å². The number of nitrogens with zero attached hydrogens (tertiary/aromatic N) is 7. The molecule has 1 aliphatic rings. The number of carbonyl (C=O) groups is 1. The SMILES string of the molecule is CC(C)(C)CC(=O)N1CC(n2cc(Cn3nccn3)nn2)C1. The van der Waals surface area contributed by atoms with Crippen LogP contribution in [0.15, 0.2) is 18.6 Å². The van der Waals surface area contributed by atoms with E-state index in [1.807, 2.05) is 15.8 Å². The number of carbonyl (C=O) groups excluding carboxylic acids is 1. The van der Waals surface area contributed by atoms with E-state index in [9.17, 15) is 4.79 Å². The minimum Gasteiger partial charge on any atom is -0.338 e. The predicted molar refractivity (Wildman–Crippen MR) is 78.8 cm³/mol. The molecule has 8 nitrogen and oxygen atoms in total. The fourth-order valence-electron chi connectivity index (χ4n) is 2.43. The molecule has 0 unspecified atom stereocenters. The van der Waals surface area contributed by atoms with Gasteiger partial charge in [-0.3, -0.25) is 4.79 Å². The molecule has 1 amide bonds. The smallest absolute Gasteiger partial charge is 0.223 e. The molecular formula is C14H21N7O. The zero-order valence-electron chi connectivity index (χ0n) is 13.2. The van der Waals surface area contributed by atoms with Crippen molar-refractivity contribution in [2.45, 2.75) is 39.8 Å². The van der Waals surface area contributed by atoms with Gasteiger partial charge in [-0.25, -0.2) is 4.68 Å². The summed E-state index contributed by atoms with van der Waals surface area (Å²) >= 11 is 0. The van der Waals surface area contributed by atoms with Crippen LogP contribution in [0.2, 0.25) is 0 Å². The molecule has 118 valence electrons. The van der Waals surface area contributed by atoms with Gasteiger partial charge in [0.2, 0.25) is 5.91 Å². The lowest BCUT2D eigenvalue weighted by Gasteiger charge is -2.40. The maximum atomic E-state index is 12.1. The topological polar surface area (TPSA) is 81.7 Å². The molecule has 2 aromatic heterocycles. The number of hydrogen-bond acceptors (Lipinski definition) is 5. The van der Waals surface area contributed by atoms with E-state index in [0.29, 0.717) is 26.1 Å². The second-order valence-corrected chi connectivity index (χ2v) is 6.94. The first-order chi connectivity index (χ1) is 10.4. The summed E-state index contributed by atoms with van der Waals surface area (Å²) in [7, 11) is 0. The Balaban J connectivity index is 1.53. The van der Waals surface area contributed by atoms with Gasteiger partial charge < -0.3 is 4.90 Å². The minimum atomic E-state index is 0.0271. The summed E-state index contributed by atoms with van der Waals surface area (Å²) in [5.74, 6) is 0.213. The zero-order chi connectivity index (χ0) is 15.7. The Hall–Kier alpha value is -2.25. The highest BCUT2D eigenvalue weighted by Gasteiger charge is 2.34. The lowest BCUT2D eigenvalue weighted by atomic mass is 9.91. The molecule has 1 fully saturated rings. The van der Waals surface area contributed by atoms with Gasteiger partial charge in [0.15, 0.2) is 0 Å². The molecule has 1 saturated heterocycles. The molecule has 22 heavy (non-hydrogen) atoms. The van der Waals surface area contributed by atoms with Crippen molar-refractivity contribution < 1.29 is 4.79 Å². The maximum Gasteiger partial charge on any atom is 0.223 e. The van der Waals surface area contributed by atoms with Crippen molar-refractivity contribution in [1.29, 1.82) is 0 Å². The number of likely N-dealkylation sites (tertiary alicyclic amines) is 1. The summed E-state index contributed by atoms with van der Waals surface area (Å²) in [5.41, 5.74) is 0.843. The number of aromatic nitrogens is 6. The van der Waals surface area contributed by atoms with Crippen LogP contribution in [-0.4, -0.2) is 53.9 Å². The lowest BCUT2D eigenvalue weighted by Crippen LogP contribution is -2.51. The quantitative estimate of drug-likeness (QED) is 0.832. The van der Waals surface area contributed by atoms with Crippen LogP contribution in [-0.2, 0) is 11.3 Å². The standard InChI is InChI=1S/C14H21N7O/c1-14(2,3)6-13(22)19-9-12(10-19)20-7-11(17-18-20)8-21-15-4-5-16-21/h4-5,7,12H,6,8-10H2,1-3H3. The van der Waals surface area contributed by atoms with Crippen LogP contribution >= 0.6 is 0 Å². The molecule has 0 bridgehead atoms. The van der Waals surface area contributed by atoms with Crippen LogP contribution < -0.4 is 0 Å². The van der Waals surface area contributed by atoms with Gasteiger partial charge in [-0.2, -0.15) is 15.0 Å². The summed E-state index contributed by atoms with van der Waals surface area (Å²) < 4.78 is 1.83. The molecule has 0 aliphatic carbocycles. The summed E-state index contributed by atoms with van der Waals surface area (Å²) in [6.45, 7) is 8.15. The van der Waals surface area contributed by atoms with E-state index in [1.165, 1.54) is 0 Å². The Morgan fingerprint density at radius 3 is 2.59 bits per heavy atom. The minimum absolute atomic E-state index is 0.0271. The Kier molecular flexibility index (Phi) is 3.67. The second kappa shape index (κ2) is 5.51. The summed E-state index contributed by atoms with van der Waals surface area (Å²) in [5, 5.41) is 16.4. The van der Waals surface area contributed by atoms with Gasteiger partial charge in [0.1, 0.15) is 12.2 Å². The van der Waals surface area contributed by atoms with Gasteiger partial charge >= 0.3 is 0 Å². The van der Waals surface area contributed by atoms with E-state index in [1.54, 1.807) is 17.2 Å². The Bertz CT molecular complexity index is 634. The highest BCUT2D eigenvalue weighted by atomic mass is 16.2. The van der Waals surface area contributed by atoms with Crippen LogP contribution in [0.3, 0.4) is 0 Å². The number of amides is 1. The van der Waals surface area contributed by atoms with Crippen molar-refractivity contribution in [3.8, 4) is 0 Å². The van der Waals surface area contributed by atoms with E-state index < -0.39 is 0 Å². The van der Waals surface area contributed by atoms with Crippen LogP contribution in [0.5, 0.6) is 0 Å². The third-order valence-corrected chi connectivity index (χ3v) is 3.60. The van der Waals surface area contributed by atoms with Crippen LogP contribution in [0.1, 0.15) is 38.9 Å². The van der Waals surface area contributed by atoms with E-state index in [2.05, 4.69) is 41.3 Å². The first-order valence-electron chi connectivity index (χ1n) is 7.43. The third-order valence-electron chi connectivity index (χ3n) is 3.60. The average molecular weight is 303 g/mol. The van der Waals surface area contributed by atoms with Gasteiger partial charge in [-0.15, -0.1) is 5.10 Å². The molecule has 0 N–H and O–H groups in total. The van der Waals surface area contributed by atoms with Crippen molar-refractivity contribution in [3.05, 3.63) is 24.3 Å². The highest BCUT2D eigenvalue weighted by Crippen LogP contribution is 2.26. The average Bonchev–Trinajstić information content (AvgIpc) is 2.97. The van der Waals surface area contributed by atoms with Gasteiger partial charge in [0, 0.05) is 19.5 Å². The third kappa shape index (κ3) is 3.32. The fourth-order valence-corrected chi connectivity index (χ4v) is 2.43. The molecule has 3 rings (SSSR count). The summed E-state index contributed by atoms with van der Waals surface area (Å²) in [4.78, 5) is 15.5. The molecule has 8 heteroatoms. The van der Waals surface area contributed by atoms with Crippen LogP contribution in [0, 0.1) is 5.41 Å². The van der Waals surface area contributed by atoms with E-state index in [4.69, 9.17) is 0 Å². The van der Waals surface area contributed by atoms with Crippen molar-refractivity contribution in [2.75, 3.05) is 13.1 Å². The number of rotatable bonds is 4. The zero-order valence-corrected chi connectivity index (χ0v) is 13.2. The molecule has 2 aromatic rings. The molecule has 1 aliphatic heterocycles. The largest absolute Gasteiger partial charge is 0.338 e.